The van der Waals surface area contributed by atoms with E-state index < -0.39 is 0 Å². The molecule has 1 unspecified atom stereocenters. The molecular formula is C18H27N3. The van der Waals surface area contributed by atoms with Crippen LogP contribution in [0.2, 0.25) is 0 Å². The molecule has 1 aliphatic heterocycles. The molecule has 0 radical (unpaired) electrons. The third-order valence-corrected chi connectivity index (χ3v) is 4.51. The summed E-state index contributed by atoms with van der Waals surface area (Å²) >= 11 is 0. The molecule has 1 atom stereocenters. The number of nitrogens with zero attached hydrogens (tertiary/aromatic N) is 2. The van der Waals surface area contributed by atoms with Crippen molar-refractivity contribution in [1.29, 1.82) is 5.26 Å². The van der Waals surface area contributed by atoms with E-state index in [1.54, 1.807) is 0 Å². The number of nitriles is 1. The minimum atomic E-state index is 0.612. The van der Waals surface area contributed by atoms with E-state index in [9.17, 15) is 0 Å². The molecule has 1 aromatic carbocycles. The van der Waals surface area contributed by atoms with Gasteiger partial charge in [-0.05, 0) is 57.0 Å². The van der Waals surface area contributed by atoms with Crippen LogP contribution in [0.5, 0.6) is 0 Å². The summed E-state index contributed by atoms with van der Waals surface area (Å²) in [6.45, 7) is 7.89. The minimum absolute atomic E-state index is 0.612. The fourth-order valence-corrected chi connectivity index (χ4v) is 3.16. The van der Waals surface area contributed by atoms with Crippen molar-refractivity contribution in [2.75, 3.05) is 13.1 Å². The van der Waals surface area contributed by atoms with Gasteiger partial charge in [-0.3, -0.25) is 0 Å². The molecule has 114 valence electrons. The molecule has 1 aliphatic rings. The maximum absolute atomic E-state index is 8.93. The van der Waals surface area contributed by atoms with Gasteiger partial charge < -0.3 is 10.2 Å². The van der Waals surface area contributed by atoms with Crippen LogP contribution in [-0.4, -0.2) is 30.1 Å². The van der Waals surface area contributed by atoms with Gasteiger partial charge in [0, 0.05) is 18.6 Å². The second-order valence-corrected chi connectivity index (χ2v) is 6.14. The van der Waals surface area contributed by atoms with Crippen molar-refractivity contribution in [2.24, 2.45) is 0 Å². The second kappa shape index (κ2) is 8.17. The van der Waals surface area contributed by atoms with Crippen LogP contribution in [0.3, 0.4) is 0 Å². The lowest BCUT2D eigenvalue weighted by Gasteiger charge is -2.36. The number of hydrogen-bond donors (Lipinski definition) is 1. The zero-order valence-corrected chi connectivity index (χ0v) is 13.3. The highest BCUT2D eigenvalue weighted by atomic mass is 15.2. The molecule has 3 nitrogen and oxygen atoms in total. The Kier molecular flexibility index (Phi) is 6.22. The summed E-state index contributed by atoms with van der Waals surface area (Å²) in [6.07, 6.45) is 5.03. The zero-order valence-electron chi connectivity index (χ0n) is 13.3. The highest BCUT2D eigenvalue weighted by Gasteiger charge is 2.21. The standard InChI is InChI=1S/C18H27N3/c1-3-5-15(2)21-10-8-18(9-11-21)20-14-17-7-4-6-16(12-17)13-19/h4,6-7,12,15,18,20H,3,5,8-11,14H2,1-2H3. The molecule has 0 aromatic heterocycles. The van der Waals surface area contributed by atoms with Gasteiger partial charge in [0.2, 0.25) is 0 Å². The van der Waals surface area contributed by atoms with Crippen molar-refractivity contribution in [3.8, 4) is 6.07 Å². The lowest BCUT2D eigenvalue weighted by atomic mass is 10.0. The molecule has 21 heavy (non-hydrogen) atoms. The van der Waals surface area contributed by atoms with E-state index in [-0.39, 0.29) is 0 Å². The van der Waals surface area contributed by atoms with Gasteiger partial charge in [0.05, 0.1) is 11.6 Å². The number of rotatable bonds is 6. The van der Waals surface area contributed by atoms with Gasteiger partial charge >= 0.3 is 0 Å². The van der Waals surface area contributed by atoms with Crippen LogP contribution < -0.4 is 5.32 Å². The van der Waals surface area contributed by atoms with Crippen molar-refractivity contribution in [3.05, 3.63) is 35.4 Å². The number of hydrogen-bond acceptors (Lipinski definition) is 3. The van der Waals surface area contributed by atoms with E-state index in [2.05, 4.69) is 36.2 Å². The van der Waals surface area contributed by atoms with Gasteiger partial charge in [0.15, 0.2) is 0 Å². The first-order valence-electron chi connectivity index (χ1n) is 8.19. The SMILES string of the molecule is CCCC(C)N1CCC(NCc2cccc(C#N)c2)CC1. The summed E-state index contributed by atoms with van der Waals surface area (Å²) in [5.74, 6) is 0. The topological polar surface area (TPSA) is 39.1 Å². The number of piperidine rings is 1. The highest BCUT2D eigenvalue weighted by molar-refractivity contribution is 5.32. The van der Waals surface area contributed by atoms with Gasteiger partial charge in [-0.25, -0.2) is 0 Å². The summed E-state index contributed by atoms with van der Waals surface area (Å²) < 4.78 is 0. The van der Waals surface area contributed by atoms with E-state index in [0.29, 0.717) is 6.04 Å². The van der Waals surface area contributed by atoms with Gasteiger partial charge in [-0.1, -0.05) is 25.5 Å². The Hall–Kier alpha value is -1.37. The molecule has 1 N–H and O–H groups in total. The Bertz CT molecular complexity index is 470. The first-order chi connectivity index (χ1) is 10.2. The third-order valence-electron chi connectivity index (χ3n) is 4.51. The average molecular weight is 285 g/mol. The molecule has 0 aliphatic carbocycles. The van der Waals surface area contributed by atoms with E-state index >= 15 is 0 Å². The molecule has 0 saturated carbocycles. The molecule has 1 fully saturated rings. The van der Waals surface area contributed by atoms with Gasteiger partial charge in [-0.2, -0.15) is 5.26 Å². The van der Waals surface area contributed by atoms with Gasteiger partial charge in [-0.15, -0.1) is 0 Å². The Morgan fingerprint density at radius 3 is 2.81 bits per heavy atom. The zero-order chi connectivity index (χ0) is 15.1. The van der Waals surface area contributed by atoms with E-state index in [0.717, 1.165) is 18.2 Å². The number of benzene rings is 1. The fourth-order valence-electron chi connectivity index (χ4n) is 3.16. The van der Waals surface area contributed by atoms with Crippen LogP contribution in [0.1, 0.15) is 50.7 Å². The van der Waals surface area contributed by atoms with Crippen LogP contribution in [0.25, 0.3) is 0 Å². The third kappa shape index (κ3) is 4.84. The summed E-state index contributed by atoms with van der Waals surface area (Å²) in [6, 6.07) is 11.4. The first kappa shape index (κ1) is 16.0. The van der Waals surface area contributed by atoms with Crippen LogP contribution in [0.15, 0.2) is 24.3 Å². The smallest absolute Gasteiger partial charge is 0.0991 e. The Morgan fingerprint density at radius 1 is 1.38 bits per heavy atom. The van der Waals surface area contributed by atoms with Crippen LogP contribution >= 0.6 is 0 Å². The minimum Gasteiger partial charge on any atom is -0.310 e. The molecule has 3 heteroatoms. The molecule has 0 spiro atoms. The Morgan fingerprint density at radius 2 is 2.14 bits per heavy atom. The summed E-state index contributed by atoms with van der Waals surface area (Å²) in [7, 11) is 0. The summed E-state index contributed by atoms with van der Waals surface area (Å²) in [5.41, 5.74) is 1.95. The second-order valence-electron chi connectivity index (χ2n) is 6.14. The largest absolute Gasteiger partial charge is 0.310 e. The van der Waals surface area contributed by atoms with Crippen LogP contribution in [0, 0.1) is 11.3 Å². The van der Waals surface area contributed by atoms with Crippen molar-refractivity contribution >= 4 is 0 Å². The van der Waals surface area contributed by atoms with E-state index in [1.165, 1.54) is 44.3 Å². The molecule has 2 rings (SSSR count). The number of likely N-dealkylation sites (tertiary alicyclic amines) is 1. The predicted molar refractivity (Wildman–Crippen MR) is 87.0 cm³/mol. The lowest BCUT2D eigenvalue weighted by molar-refractivity contribution is 0.145. The first-order valence-corrected chi connectivity index (χ1v) is 8.19. The lowest BCUT2D eigenvalue weighted by Crippen LogP contribution is -2.45. The molecule has 0 amide bonds. The predicted octanol–water partition coefficient (Wildman–Crippen LogP) is 3.30. The number of nitrogens with one attached hydrogen (secondary N) is 1. The van der Waals surface area contributed by atoms with Crippen molar-refractivity contribution in [2.45, 2.75) is 58.2 Å². The highest BCUT2D eigenvalue weighted by Crippen LogP contribution is 2.16. The van der Waals surface area contributed by atoms with Gasteiger partial charge in [0.1, 0.15) is 0 Å². The van der Waals surface area contributed by atoms with Gasteiger partial charge in [0.25, 0.3) is 0 Å². The Balaban J connectivity index is 1.75. The van der Waals surface area contributed by atoms with E-state index in [1.807, 2.05) is 18.2 Å². The molecule has 0 bridgehead atoms. The maximum Gasteiger partial charge on any atom is 0.0991 e. The quantitative estimate of drug-likeness (QED) is 0.871. The molecular weight excluding hydrogens is 258 g/mol. The maximum atomic E-state index is 8.93. The van der Waals surface area contributed by atoms with Crippen molar-refractivity contribution in [1.82, 2.24) is 10.2 Å². The monoisotopic (exact) mass is 285 g/mol. The summed E-state index contributed by atoms with van der Waals surface area (Å²) in [5, 5.41) is 12.6. The van der Waals surface area contributed by atoms with Crippen molar-refractivity contribution < 1.29 is 0 Å². The molecule has 1 aromatic rings. The summed E-state index contributed by atoms with van der Waals surface area (Å²) in [4.78, 5) is 2.62. The van der Waals surface area contributed by atoms with Crippen LogP contribution in [-0.2, 0) is 6.54 Å². The Labute approximate surface area is 129 Å². The normalized spacial score (nSPS) is 18.3. The van der Waals surface area contributed by atoms with Crippen molar-refractivity contribution in [3.63, 3.8) is 0 Å². The average Bonchev–Trinajstić information content (AvgIpc) is 2.54. The van der Waals surface area contributed by atoms with Crippen LogP contribution in [0.4, 0.5) is 0 Å². The van der Waals surface area contributed by atoms with E-state index in [4.69, 9.17) is 5.26 Å². The molecule has 1 saturated heterocycles. The fraction of sp³-hybridized carbons (Fsp3) is 0.611. The molecule has 1 heterocycles.